The summed E-state index contributed by atoms with van der Waals surface area (Å²) in [6.45, 7) is 0. The lowest BCUT2D eigenvalue weighted by Gasteiger charge is -2.05. The highest BCUT2D eigenvalue weighted by atomic mass is 16.4. The Labute approximate surface area is 96.7 Å². The monoisotopic (exact) mass is 233 g/mol. The first kappa shape index (κ1) is 11.2. The summed E-state index contributed by atoms with van der Waals surface area (Å²) in [7, 11) is 1.75. The van der Waals surface area contributed by atoms with E-state index in [-0.39, 0.29) is 6.42 Å². The van der Waals surface area contributed by atoms with E-state index in [0.717, 1.165) is 5.69 Å². The number of carboxylic acid groups (broad SMARTS) is 1. The molecule has 17 heavy (non-hydrogen) atoms. The third-order valence-corrected chi connectivity index (χ3v) is 2.46. The highest BCUT2D eigenvalue weighted by molar-refractivity contribution is 5.86. The van der Waals surface area contributed by atoms with Gasteiger partial charge in [0.15, 0.2) is 0 Å². The first-order chi connectivity index (χ1) is 8.10. The summed E-state index contributed by atoms with van der Waals surface area (Å²) in [5.74, 6) is -0.977. The predicted octanol–water partition coefficient (Wildman–Crippen LogP) is 1.46. The Morgan fingerprint density at radius 2 is 2.18 bits per heavy atom. The zero-order valence-corrected chi connectivity index (χ0v) is 9.19. The molecule has 2 rings (SSSR count). The Morgan fingerprint density at radius 3 is 2.82 bits per heavy atom. The molecule has 88 valence electrons. The highest BCUT2D eigenvalue weighted by Crippen LogP contribution is 2.21. The van der Waals surface area contributed by atoms with Gasteiger partial charge in [-0.05, 0) is 17.7 Å². The zero-order valence-electron chi connectivity index (χ0n) is 9.19. The SMILES string of the molecule is CNc1ccc2c(CC(=O)O)cc(=O)oc2c1. The number of aliphatic carboxylic acids is 1. The third kappa shape index (κ3) is 2.28. The van der Waals surface area contributed by atoms with Crippen molar-refractivity contribution >= 4 is 22.6 Å². The van der Waals surface area contributed by atoms with Gasteiger partial charge in [-0.3, -0.25) is 4.79 Å². The predicted molar refractivity (Wildman–Crippen MR) is 63.4 cm³/mol. The number of nitrogens with one attached hydrogen (secondary N) is 1. The summed E-state index contributed by atoms with van der Waals surface area (Å²) >= 11 is 0. The topological polar surface area (TPSA) is 79.5 Å². The molecular weight excluding hydrogens is 222 g/mol. The normalized spacial score (nSPS) is 10.4. The van der Waals surface area contributed by atoms with Gasteiger partial charge in [-0.25, -0.2) is 4.79 Å². The van der Waals surface area contributed by atoms with Gasteiger partial charge in [0, 0.05) is 30.3 Å². The maximum Gasteiger partial charge on any atom is 0.336 e. The van der Waals surface area contributed by atoms with Crippen LogP contribution in [0.3, 0.4) is 0 Å². The van der Waals surface area contributed by atoms with Crippen LogP contribution in [0.4, 0.5) is 5.69 Å². The summed E-state index contributed by atoms with van der Waals surface area (Å²) in [5, 5.41) is 12.3. The molecule has 0 saturated carbocycles. The van der Waals surface area contributed by atoms with Crippen molar-refractivity contribution in [3.8, 4) is 0 Å². The van der Waals surface area contributed by atoms with Crippen molar-refractivity contribution in [2.75, 3.05) is 12.4 Å². The first-order valence-corrected chi connectivity index (χ1v) is 5.06. The summed E-state index contributed by atoms with van der Waals surface area (Å²) in [6, 6.07) is 6.42. The minimum atomic E-state index is -0.977. The van der Waals surface area contributed by atoms with Crippen molar-refractivity contribution in [3.05, 3.63) is 40.2 Å². The van der Waals surface area contributed by atoms with E-state index in [1.54, 1.807) is 25.2 Å². The van der Waals surface area contributed by atoms with E-state index in [9.17, 15) is 9.59 Å². The van der Waals surface area contributed by atoms with E-state index in [1.807, 2.05) is 0 Å². The van der Waals surface area contributed by atoms with E-state index in [0.29, 0.717) is 16.5 Å². The lowest BCUT2D eigenvalue weighted by Crippen LogP contribution is -2.06. The van der Waals surface area contributed by atoms with Crippen LogP contribution in [0.15, 0.2) is 33.5 Å². The number of benzene rings is 1. The van der Waals surface area contributed by atoms with E-state index in [2.05, 4.69) is 5.32 Å². The van der Waals surface area contributed by atoms with E-state index in [1.165, 1.54) is 6.07 Å². The Kier molecular flexibility index (Phi) is 2.82. The second kappa shape index (κ2) is 4.29. The summed E-state index contributed by atoms with van der Waals surface area (Å²) < 4.78 is 5.04. The quantitative estimate of drug-likeness (QED) is 0.784. The molecule has 0 aliphatic heterocycles. The third-order valence-electron chi connectivity index (χ3n) is 2.46. The molecule has 0 spiro atoms. The Balaban J connectivity index is 2.67. The number of fused-ring (bicyclic) bond motifs is 1. The molecule has 0 bridgehead atoms. The average Bonchev–Trinajstić information content (AvgIpc) is 2.27. The van der Waals surface area contributed by atoms with Crippen LogP contribution in [-0.2, 0) is 11.2 Å². The van der Waals surface area contributed by atoms with Crippen molar-refractivity contribution in [2.24, 2.45) is 0 Å². The second-order valence-corrected chi connectivity index (χ2v) is 3.62. The lowest BCUT2D eigenvalue weighted by atomic mass is 10.1. The summed E-state index contributed by atoms with van der Waals surface area (Å²) in [5.41, 5.74) is 1.11. The fraction of sp³-hybridized carbons (Fsp3) is 0.167. The average molecular weight is 233 g/mol. The molecule has 0 aliphatic rings. The molecule has 0 radical (unpaired) electrons. The largest absolute Gasteiger partial charge is 0.481 e. The van der Waals surface area contributed by atoms with Crippen LogP contribution in [0.2, 0.25) is 0 Å². The smallest absolute Gasteiger partial charge is 0.336 e. The van der Waals surface area contributed by atoms with Crippen molar-refractivity contribution in [3.63, 3.8) is 0 Å². The lowest BCUT2D eigenvalue weighted by molar-refractivity contribution is -0.136. The molecule has 0 saturated heterocycles. The molecule has 0 aliphatic carbocycles. The molecule has 0 fully saturated rings. The maximum atomic E-state index is 11.3. The molecule has 0 unspecified atom stereocenters. The van der Waals surface area contributed by atoms with Crippen molar-refractivity contribution in [2.45, 2.75) is 6.42 Å². The Morgan fingerprint density at radius 1 is 1.41 bits per heavy atom. The minimum absolute atomic E-state index is 0.193. The number of rotatable bonds is 3. The molecule has 5 nitrogen and oxygen atoms in total. The van der Waals surface area contributed by atoms with Crippen LogP contribution in [0.1, 0.15) is 5.56 Å². The molecule has 0 amide bonds. The molecule has 2 N–H and O–H groups in total. The van der Waals surface area contributed by atoms with Gasteiger partial charge in [-0.15, -0.1) is 0 Å². The van der Waals surface area contributed by atoms with Crippen LogP contribution < -0.4 is 10.9 Å². The van der Waals surface area contributed by atoms with Crippen LogP contribution in [0.5, 0.6) is 0 Å². The van der Waals surface area contributed by atoms with E-state index in [4.69, 9.17) is 9.52 Å². The van der Waals surface area contributed by atoms with Gasteiger partial charge < -0.3 is 14.8 Å². The fourth-order valence-electron chi connectivity index (χ4n) is 1.69. The number of anilines is 1. The van der Waals surface area contributed by atoms with E-state index < -0.39 is 11.6 Å². The van der Waals surface area contributed by atoms with E-state index >= 15 is 0 Å². The zero-order chi connectivity index (χ0) is 12.4. The van der Waals surface area contributed by atoms with Crippen molar-refractivity contribution in [1.82, 2.24) is 0 Å². The van der Waals surface area contributed by atoms with Crippen molar-refractivity contribution < 1.29 is 14.3 Å². The summed E-state index contributed by atoms with van der Waals surface area (Å²) in [4.78, 5) is 22.0. The van der Waals surface area contributed by atoms with Crippen LogP contribution >= 0.6 is 0 Å². The number of carboxylic acids is 1. The number of carbonyl (C=O) groups is 1. The highest BCUT2D eigenvalue weighted by Gasteiger charge is 2.09. The van der Waals surface area contributed by atoms with Crippen LogP contribution in [0.25, 0.3) is 11.0 Å². The van der Waals surface area contributed by atoms with Crippen LogP contribution in [0, 0.1) is 0 Å². The van der Waals surface area contributed by atoms with Gasteiger partial charge in [-0.1, -0.05) is 0 Å². The van der Waals surface area contributed by atoms with Gasteiger partial charge in [0.1, 0.15) is 5.58 Å². The minimum Gasteiger partial charge on any atom is -0.481 e. The molecule has 1 aromatic heterocycles. The number of hydrogen-bond acceptors (Lipinski definition) is 4. The molecule has 2 aromatic rings. The van der Waals surface area contributed by atoms with Crippen molar-refractivity contribution in [1.29, 1.82) is 0 Å². The van der Waals surface area contributed by atoms with Gasteiger partial charge in [0.05, 0.1) is 6.42 Å². The van der Waals surface area contributed by atoms with Gasteiger partial charge >= 0.3 is 11.6 Å². The Bertz CT molecular complexity index is 630. The summed E-state index contributed by atoms with van der Waals surface area (Å²) in [6.07, 6.45) is -0.193. The van der Waals surface area contributed by atoms with Gasteiger partial charge in [0.25, 0.3) is 0 Å². The van der Waals surface area contributed by atoms with Gasteiger partial charge in [0.2, 0.25) is 0 Å². The Hall–Kier alpha value is -2.30. The maximum absolute atomic E-state index is 11.3. The number of hydrogen-bond donors (Lipinski definition) is 2. The fourth-order valence-corrected chi connectivity index (χ4v) is 1.69. The molecule has 1 heterocycles. The van der Waals surface area contributed by atoms with Crippen LogP contribution in [-0.4, -0.2) is 18.1 Å². The second-order valence-electron chi connectivity index (χ2n) is 3.62. The molecule has 1 aromatic carbocycles. The molecule has 5 heteroatoms. The first-order valence-electron chi connectivity index (χ1n) is 5.06. The standard InChI is InChI=1S/C12H11NO4/c1-13-8-2-3-9-7(4-11(14)15)5-12(16)17-10(9)6-8/h2-3,5-6,13H,4H2,1H3,(H,14,15). The van der Waals surface area contributed by atoms with Gasteiger partial charge in [-0.2, -0.15) is 0 Å². The molecular formula is C12H11NO4. The molecule has 0 atom stereocenters.